The summed E-state index contributed by atoms with van der Waals surface area (Å²) >= 11 is 0. The van der Waals surface area contributed by atoms with Crippen LogP contribution in [0.25, 0.3) is 121 Å². The van der Waals surface area contributed by atoms with E-state index in [0.717, 1.165) is 49.4 Å². The van der Waals surface area contributed by atoms with Gasteiger partial charge in [-0.2, -0.15) is 0 Å². The number of fused-ring (bicyclic) bond motifs is 11. The van der Waals surface area contributed by atoms with E-state index in [-0.39, 0.29) is 0 Å². The lowest BCUT2D eigenvalue weighted by Crippen LogP contribution is -2.00. The van der Waals surface area contributed by atoms with E-state index in [1.54, 1.807) is 0 Å². The van der Waals surface area contributed by atoms with Gasteiger partial charge in [0.2, 0.25) is 0 Å². The number of nitrogens with zero attached hydrogens (tertiary/aromatic N) is 3. The molecule has 4 heteroatoms. The number of aromatic nitrogens is 3. The minimum atomic E-state index is 0.606. The van der Waals surface area contributed by atoms with E-state index >= 15 is 0 Å². The van der Waals surface area contributed by atoms with Crippen molar-refractivity contribution >= 4 is 75.8 Å². The molecule has 0 saturated heterocycles. The zero-order valence-electron chi connectivity index (χ0n) is 30.6. The predicted molar refractivity (Wildman–Crippen MR) is 236 cm³/mol. The summed E-state index contributed by atoms with van der Waals surface area (Å²) in [6.45, 7) is 0. The third-order valence-corrected chi connectivity index (χ3v) is 11.5. The maximum Gasteiger partial charge on any atom is 0.164 e. The monoisotopic (exact) mass is 725 g/mol. The first-order valence-corrected chi connectivity index (χ1v) is 19.3. The lowest BCUT2D eigenvalue weighted by atomic mass is 9.92. The van der Waals surface area contributed by atoms with Gasteiger partial charge in [0.1, 0.15) is 11.2 Å². The fourth-order valence-electron chi connectivity index (χ4n) is 8.73. The van der Waals surface area contributed by atoms with Gasteiger partial charge in [0.15, 0.2) is 17.5 Å². The smallest absolute Gasteiger partial charge is 0.164 e. The van der Waals surface area contributed by atoms with Gasteiger partial charge in [-0.3, -0.25) is 0 Å². The van der Waals surface area contributed by atoms with E-state index in [2.05, 4.69) is 170 Å². The van der Waals surface area contributed by atoms with Gasteiger partial charge >= 0.3 is 0 Å². The van der Waals surface area contributed by atoms with Gasteiger partial charge < -0.3 is 4.42 Å². The zero-order chi connectivity index (χ0) is 37.5. The number of benzene rings is 10. The third-order valence-electron chi connectivity index (χ3n) is 11.5. The topological polar surface area (TPSA) is 51.8 Å². The van der Waals surface area contributed by atoms with Crippen LogP contribution in [0.4, 0.5) is 0 Å². The van der Waals surface area contributed by atoms with Gasteiger partial charge in [-0.05, 0) is 89.9 Å². The average Bonchev–Trinajstić information content (AvgIpc) is 3.66. The molecule has 0 unspecified atom stereocenters. The van der Waals surface area contributed by atoms with Crippen LogP contribution in [0, 0.1) is 0 Å². The first-order valence-electron chi connectivity index (χ1n) is 19.3. The van der Waals surface area contributed by atoms with Crippen LogP contribution in [0.3, 0.4) is 0 Å². The SMILES string of the molecule is c1ccc(-c2nc(-c3ccc4ccc5c6ccccc6ccc5c4c3)nc(-c3ccc4oc5c6ccccc6c(-c6cccc7ccccc67)cc5c4c3)n2)cc1. The van der Waals surface area contributed by atoms with Crippen molar-refractivity contribution in [1.82, 2.24) is 15.0 Å². The van der Waals surface area contributed by atoms with Gasteiger partial charge in [0.25, 0.3) is 0 Å². The minimum Gasteiger partial charge on any atom is -0.455 e. The van der Waals surface area contributed by atoms with Gasteiger partial charge in [-0.1, -0.05) is 158 Å². The lowest BCUT2D eigenvalue weighted by Gasteiger charge is -2.11. The fourth-order valence-corrected chi connectivity index (χ4v) is 8.73. The molecule has 0 fully saturated rings. The molecule has 57 heavy (non-hydrogen) atoms. The van der Waals surface area contributed by atoms with Crippen molar-refractivity contribution in [1.29, 1.82) is 0 Å². The summed E-state index contributed by atoms with van der Waals surface area (Å²) < 4.78 is 6.67. The van der Waals surface area contributed by atoms with Crippen molar-refractivity contribution in [3.8, 4) is 45.3 Å². The maximum atomic E-state index is 6.67. The summed E-state index contributed by atoms with van der Waals surface area (Å²) in [5.41, 5.74) is 6.82. The van der Waals surface area contributed by atoms with E-state index in [9.17, 15) is 0 Å². The molecule has 2 aromatic heterocycles. The van der Waals surface area contributed by atoms with Crippen molar-refractivity contribution < 1.29 is 4.42 Å². The molecule has 0 amide bonds. The Bertz CT molecular complexity index is 3580. The molecular weight excluding hydrogens is 695 g/mol. The molecule has 0 saturated carbocycles. The van der Waals surface area contributed by atoms with Crippen LogP contribution in [-0.4, -0.2) is 15.0 Å². The molecule has 0 aliphatic rings. The van der Waals surface area contributed by atoms with Crippen LogP contribution in [-0.2, 0) is 0 Å². The van der Waals surface area contributed by atoms with Crippen LogP contribution in [0.1, 0.15) is 0 Å². The molecule has 0 N–H and O–H groups in total. The predicted octanol–water partition coefficient (Wildman–Crippen LogP) is 14.2. The van der Waals surface area contributed by atoms with Gasteiger partial charge in [-0.25, -0.2) is 15.0 Å². The number of furan rings is 1. The summed E-state index contributed by atoms with van der Waals surface area (Å²) in [5.74, 6) is 1.86. The third kappa shape index (κ3) is 5.04. The highest BCUT2D eigenvalue weighted by molar-refractivity contribution is 6.21. The van der Waals surface area contributed by atoms with E-state index < -0.39 is 0 Å². The standard InChI is InChI=1S/C53H31N3O/c1-2-13-35(14-3-1)51-54-52(36-22-21-34-24-26-42-39-17-7-5-12-33(39)23-27-43(42)45(34)29-36)56-53(55-51)37-25-28-49-47(30-37)48-31-46(41-18-8-9-19-44(41)50(48)57-49)40-20-10-15-32-11-4-6-16-38(32)40/h1-31H. The average molecular weight is 726 g/mol. The highest BCUT2D eigenvalue weighted by Gasteiger charge is 2.19. The van der Waals surface area contributed by atoms with E-state index in [1.165, 1.54) is 54.2 Å². The molecule has 4 nitrogen and oxygen atoms in total. The normalized spacial score (nSPS) is 11.9. The second-order valence-electron chi connectivity index (χ2n) is 14.7. The molecule has 0 bridgehead atoms. The zero-order valence-corrected chi connectivity index (χ0v) is 30.6. The summed E-state index contributed by atoms with van der Waals surface area (Å²) in [6, 6.07) is 66.4. The summed E-state index contributed by atoms with van der Waals surface area (Å²) in [6.07, 6.45) is 0. The summed E-state index contributed by atoms with van der Waals surface area (Å²) in [4.78, 5) is 15.4. The van der Waals surface area contributed by atoms with Crippen molar-refractivity contribution in [2.24, 2.45) is 0 Å². The van der Waals surface area contributed by atoms with Gasteiger partial charge in [-0.15, -0.1) is 0 Å². The molecule has 264 valence electrons. The molecule has 12 aromatic rings. The Morgan fingerprint density at radius 1 is 0.281 bits per heavy atom. The number of rotatable bonds is 4. The lowest BCUT2D eigenvalue weighted by molar-refractivity contribution is 0.672. The molecule has 0 spiro atoms. The second-order valence-corrected chi connectivity index (χ2v) is 14.7. The Kier molecular flexibility index (Phi) is 6.89. The quantitative estimate of drug-likeness (QED) is 0.170. The van der Waals surface area contributed by atoms with Crippen LogP contribution in [0.5, 0.6) is 0 Å². The van der Waals surface area contributed by atoms with E-state index in [0.29, 0.717) is 17.5 Å². The van der Waals surface area contributed by atoms with E-state index in [1.807, 2.05) is 18.2 Å². The van der Waals surface area contributed by atoms with Gasteiger partial charge in [0, 0.05) is 32.8 Å². The van der Waals surface area contributed by atoms with E-state index in [4.69, 9.17) is 19.4 Å². The summed E-state index contributed by atoms with van der Waals surface area (Å²) in [5, 5.41) is 14.0. The van der Waals surface area contributed by atoms with Gasteiger partial charge in [0.05, 0.1) is 0 Å². The molecule has 12 rings (SSSR count). The Morgan fingerprint density at radius 2 is 0.825 bits per heavy atom. The van der Waals surface area contributed by atoms with Crippen molar-refractivity contribution in [2.75, 3.05) is 0 Å². The van der Waals surface area contributed by atoms with Crippen LogP contribution in [0.15, 0.2) is 192 Å². The molecule has 0 aliphatic heterocycles. The molecule has 2 heterocycles. The second kappa shape index (κ2) is 12.4. The number of hydrogen-bond acceptors (Lipinski definition) is 4. The first-order chi connectivity index (χ1) is 28.2. The Labute approximate surface area is 327 Å². The Balaban J connectivity index is 1.07. The van der Waals surface area contributed by atoms with Crippen LogP contribution >= 0.6 is 0 Å². The fraction of sp³-hybridized carbons (Fsp3) is 0. The van der Waals surface area contributed by atoms with Crippen LogP contribution < -0.4 is 0 Å². The van der Waals surface area contributed by atoms with Crippen LogP contribution in [0.2, 0.25) is 0 Å². The number of hydrogen-bond donors (Lipinski definition) is 0. The molecule has 0 aliphatic carbocycles. The molecule has 10 aromatic carbocycles. The van der Waals surface area contributed by atoms with Crippen molar-refractivity contribution in [2.45, 2.75) is 0 Å². The molecule has 0 radical (unpaired) electrons. The first kappa shape index (κ1) is 31.6. The van der Waals surface area contributed by atoms with Crippen molar-refractivity contribution in [3.05, 3.63) is 188 Å². The largest absolute Gasteiger partial charge is 0.455 e. The maximum absolute atomic E-state index is 6.67. The molecule has 0 atom stereocenters. The van der Waals surface area contributed by atoms with Crippen molar-refractivity contribution in [3.63, 3.8) is 0 Å². The highest BCUT2D eigenvalue weighted by atomic mass is 16.3. The minimum absolute atomic E-state index is 0.606. The highest BCUT2D eigenvalue weighted by Crippen LogP contribution is 2.42. The molecular formula is C53H31N3O. The Hall–Kier alpha value is -7.69. The summed E-state index contributed by atoms with van der Waals surface area (Å²) in [7, 11) is 0. The Morgan fingerprint density at radius 3 is 1.60 bits per heavy atom.